The lowest BCUT2D eigenvalue weighted by molar-refractivity contribution is 0.149. The fraction of sp³-hybridized carbons (Fsp3) is 0.250. The molecule has 14 heavy (non-hydrogen) atoms. The van der Waals surface area contributed by atoms with Crippen molar-refractivity contribution in [2.24, 2.45) is 0 Å². The van der Waals surface area contributed by atoms with Crippen molar-refractivity contribution < 1.29 is 8.78 Å². The minimum absolute atomic E-state index is 0.102. The van der Waals surface area contributed by atoms with Crippen LogP contribution in [-0.2, 0) is 6.42 Å². The maximum Gasteiger partial charge on any atom is 0.266 e. The van der Waals surface area contributed by atoms with E-state index in [0.717, 1.165) is 0 Å². The largest absolute Gasteiger partial charge is 0.266 e. The minimum Gasteiger partial charge on any atom is -0.259 e. The lowest BCUT2D eigenvalue weighted by atomic mass is 10.1. The molecule has 1 aromatic rings. The van der Waals surface area contributed by atoms with E-state index in [1.54, 1.807) is 6.07 Å². The third-order valence-corrected chi connectivity index (χ3v) is 3.97. The van der Waals surface area contributed by atoms with Gasteiger partial charge in [-0.05, 0) is 38.5 Å². The van der Waals surface area contributed by atoms with Crippen LogP contribution in [0.2, 0.25) is 0 Å². The van der Waals surface area contributed by atoms with Crippen LogP contribution in [0.4, 0.5) is 8.78 Å². The molecule has 0 radical (unpaired) electrons. The van der Waals surface area contributed by atoms with Crippen LogP contribution >= 0.6 is 38.5 Å². The van der Waals surface area contributed by atoms with Gasteiger partial charge in [0.05, 0.1) is 23.7 Å². The summed E-state index contributed by atoms with van der Waals surface area (Å²) >= 11 is 4.97. The highest BCUT2D eigenvalue weighted by Crippen LogP contribution is 2.32. The van der Waals surface area contributed by atoms with E-state index in [0.29, 0.717) is 8.04 Å². The van der Waals surface area contributed by atoms with Crippen molar-refractivity contribution in [2.45, 2.75) is 12.8 Å². The highest BCUT2D eigenvalue weighted by atomic mass is 127. The van der Waals surface area contributed by atoms with Crippen molar-refractivity contribution >= 4 is 38.5 Å². The first-order valence-electron chi connectivity index (χ1n) is 3.55. The number of hydrogen-bond acceptors (Lipinski definition) is 2. The van der Waals surface area contributed by atoms with Gasteiger partial charge in [0.2, 0.25) is 0 Å². The molecule has 0 saturated heterocycles. The van der Waals surface area contributed by atoms with Gasteiger partial charge in [-0.3, -0.25) is 4.98 Å². The predicted octanol–water partition coefficient (Wildman–Crippen LogP) is 3.45. The van der Waals surface area contributed by atoms with Gasteiger partial charge < -0.3 is 0 Å². The summed E-state index contributed by atoms with van der Waals surface area (Å²) in [4.78, 5) is 3.81. The Balaban J connectivity index is 3.31. The number of nitriles is 1. The van der Waals surface area contributed by atoms with E-state index in [1.807, 2.05) is 22.6 Å². The molecule has 1 heterocycles. The van der Waals surface area contributed by atoms with Crippen LogP contribution in [0.5, 0.6) is 0 Å². The Morgan fingerprint density at radius 2 is 2.29 bits per heavy atom. The SMILES string of the molecule is N#CCc1ncc(I)c(Br)c1C(F)F. The monoisotopic (exact) mass is 372 g/mol. The van der Waals surface area contributed by atoms with E-state index in [-0.39, 0.29) is 17.7 Å². The lowest BCUT2D eigenvalue weighted by Gasteiger charge is -2.08. The van der Waals surface area contributed by atoms with Crippen LogP contribution in [0.15, 0.2) is 10.7 Å². The highest BCUT2D eigenvalue weighted by molar-refractivity contribution is 14.1. The van der Waals surface area contributed by atoms with E-state index in [9.17, 15) is 8.78 Å². The zero-order valence-corrected chi connectivity index (χ0v) is 10.5. The first kappa shape index (κ1) is 11.8. The van der Waals surface area contributed by atoms with Gasteiger partial charge in [0.25, 0.3) is 6.43 Å². The van der Waals surface area contributed by atoms with E-state index in [1.165, 1.54) is 6.20 Å². The summed E-state index contributed by atoms with van der Waals surface area (Å²) in [5.74, 6) is 0. The fourth-order valence-electron chi connectivity index (χ4n) is 0.954. The number of pyridine rings is 1. The van der Waals surface area contributed by atoms with Gasteiger partial charge >= 0.3 is 0 Å². The quantitative estimate of drug-likeness (QED) is 0.745. The van der Waals surface area contributed by atoms with Gasteiger partial charge in [-0.2, -0.15) is 5.26 Å². The van der Waals surface area contributed by atoms with E-state index in [2.05, 4.69) is 20.9 Å². The number of nitrogens with zero attached hydrogens (tertiary/aromatic N) is 2. The van der Waals surface area contributed by atoms with Gasteiger partial charge in [0.15, 0.2) is 0 Å². The van der Waals surface area contributed by atoms with Crippen LogP contribution in [0, 0.1) is 14.9 Å². The molecule has 0 aromatic carbocycles. The van der Waals surface area contributed by atoms with Gasteiger partial charge in [0, 0.05) is 14.2 Å². The van der Waals surface area contributed by atoms with Crippen molar-refractivity contribution in [3.8, 4) is 6.07 Å². The number of hydrogen-bond donors (Lipinski definition) is 0. The molecule has 0 aliphatic carbocycles. The minimum atomic E-state index is -2.62. The second kappa shape index (κ2) is 4.98. The smallest absolute Gasteiger partial charge is 0.259 e. The normalized spacial score (nSPS) is 10.3. The molecule has 2 nitrogen and oxygen atoms in total. The molecule has 0 bridgehead atoms. The average molecular weight is 373 g/mol. The fourth-order valence-corrected chi connectivity index (χ4v) is 1.89. The van der Waals surface area contributed by atoms with Gasteiger partial charge in [-0.25, -0.2) is 8.78 Å². The molecule has 0 spiro atoms. The van der Waals surface area contributed by atoms with Crippen LogP contribution in [0.1, 0.15) is 17.7 Å². The van der Waals surface area contributed by atoms with Crippen LogP contribution in [0.3, 0.4) is 0 Å². The summed E-state index contributed by atoms with van der Waals surface area (Å²) in [7, 11) is 0. The summed E-state index contributed by atoms with van der Waals surface area (Å²) in [5.41, 5.74) is -0.0479. The standard InChI is InChI=1S/C8H4BrF2IN2/c9-7-4(12)3-14-5(1-2-13)6(7)8(10)11/h3,8H,1H2. The molecule has 0 aliphatic heterocycles. The van der Waals surface area contributed by atoms with Crippen molar-refractivity contribution in [1.29, 1.82) is 5.26 Å². The average Bonchev–Trinajstić information content (AvgIpc) is 2.11. The lowest BCUT2D eigenvalue weighted by Crippen LogP contribution is -2.00. The van der Waals surface area contributed by atoms with Crippen molar-refractivity contribution in [2.75, 3.05) is 0 Å². The van der Waals surface area contributed by atoms with Crippen molar-refractivity contribution in [3.63, 3.8) is 0 Å². The van der Waals surface area contributed by atoms with Crippen LogP contribution < -0.4 is 0 Å². The molecule has 1 rings (SSSR count). The number of rotatable bonds is 2. The molecule has 74 valence electrons. The molecule has 1 aromatic heterocycles. The van der Waals surface area contributed by atoms with Crippen molar-refractivity contribution in [1.82, 2.24) is 4.98 Å². The molecular weight excluding hydrogens is 369 g/mol. The van der Waals surface area contributed by atoms with Crippen LogP contribution in [0.25, 0.3) is 0 Å². The first-order chi connectivity index (χ1) is 6.57. The summed E-state index contributed by atoms with van der Waals surface area (Å²) in [6.45, 7) is 0. The molecule has 0 unspecified atom stereocenters. The molecule has 0 amide bonds. The summed E-state index contributed by atoms with van der Waals surface area (Å²) in [6.07, 6.45) is -1.26. The Labute approximate surface area is 102 Å². The van der Waals surface area contributed by atoms with Gasteiger partial charge in [-0.15, -0.1) is 0 Å². The molecule has 0 saturated carbocycles. The number of halogens is 4. The topological polar surface area (TPSA) is 36.7 Å². The first-order valence-corrected chi connectivity index (χ1v) is 5.43. The Morgan fingerprint density at radius 3 is 2.79 bits per heavy atom. The van der Waals surface area contributed by atoms with Gasteiger partial charge in [-0.1, -0.05) is 0 Å². The maximum absolute atomic E-state index is 12.6. The zero-order valence-electron chi connectivity index (χ0n) is 6.77. The summed E-state index contributed by atoms with van der Waals surface area (Å²) in [6, 6.07) is 1.81. The van der Waals surface area contributed by atoms with Crippen LogP contribution in [-0.4, -0.2) is 4.98 Å². The predicted molar refractivity (Wildman–Crippen MR) is 58.9 cm³/mol. The van der Waals surface area contributed by atoms with E-state index < -0.39 is 6.43 Å². The third-order valence-electron chi connectivity index (χ3n) is 1.56. The molecule has 0 aliphatic rings. The Bertz CT molecular complexity index is 390. The Morgan fingerprint density at radius 1 is 1.64 bits per heavy atom. The van der Waals surface area contributed by atoms with E-state index in [4.69, 9.17) is 5.26 Å². The van der Waals surface area contributed by atoms with Crippen molar-refractivity contribution in [3.05, 3.63) is 25.5 Å². The summed E-state index contributed by atoms with van der Waals surface area (Å²) < 4.78 is 26.2. The zero-order chi connectivity index (χ0) is 10.7. The Kier molecular flexibility index (Phi) is 4.19. The molecular formula is C8H4BrF2IN2. The van der Waals surface area contributed by atoms with Gasteiger partial charge in [0.1, 0.15) is 0 Å². The third kappa shape index (κ3) is 2.39. The maximum atomic E-state index is 12.6. The highest BCUT2D eigenvalue weighted by Gasteiger charge is 2.19. The second-order valence-electron chi connectivity index (χ2n) is 2.42. The number of alkyl halides is 2. The molecule has 0 N–H and O–H groups in total. The molecule has 6 heteroatoms. The number of aromatic nitrogens is 1. The molecule has 0 fully saturated rings. The second-order valence-corrected chi connectivity index (χ2v) is 4.37. The Hall–Kier alpha value is -0.290. The van der Waals surface area contributed by atoms with E-state index >= 15 is 0 Å². The molecule has 0 atom stereocenters. The summed E-state index contributed by atoms with van der Waals surface area (Å²) in [5, 5.41) is 8.43.